The minimum absolute atomic E-state index is 0.0698. The number of carbonyl (C=O) groups is 1. The highest BCUT2D eigenvalue weighted by molar-refractivity contribution is 7.07. The number of ether oxygens (including phenoxy) is 1. The monoisotopic (exact) mass is 347 g/mol. The molecule has 2 rings (SSSR count). The van der Waals surface area contributed by atoms with E-state index in [1.807, 2.05) is 5.38 Å². The van der Waals surface area contributed by atoms with Gasteiger partial charge >= 0.3 is 0 Å². The van der Waals surface area contributed by atoms with Gasteiger partial charge in [-0.05, 0) is 17.5 Å². The van der Waals surface area contributed by atoms with Crippen molar-refractivity contribution in [3.8, 4) is 0 Å². The van der Waals surface area contributed by atoms with Crippen LogP contribution >= 0.6 is 11.3 Å². The largest absolute Gasteiger partial charge is 0.383 e. The molecule has 2 N–H and O–H groups in total. The maximum absolute atomic E-state index is 12.7. The number of hydrogen-bond acceptors (Lipinski definition) is 5. The minimum Gasteiger partial charge on any atom is -0.383 e. The van der Waals surface area contributed by atoms with E-state index in [4.69, 9.17) is 10.5 Å². The predicted octanol–water partition coefficient (Wildman–Crippen LogP) is 2.25. The Hall–Kier alpha value is -1.76. The molecule has 2 aromatic rings. The summed E-state index contributed by atoms with van der Waals surface area (Å²) in [4.78, 5) is 18.7. The van der Waals surface area contributed by atoms with E-state index in [9.17, 15) is 4.79 Å². The van der Waals surface area contributed by atoms with Crippen molar-refractivity contribution in [1.82, 2.24) is 9.88 Å². The number of thiazole rings is 1. The van der Waals surface area contributed by atoms with Crippen LogP contribution in [0, 0.1) is 0 Å². The van der Waals surface area contributed by atoms with Crippen LogP contribution in [0.2, 0.25) is 0 Å². The summed E-state index contributed by atoms with van der Waals surface area (Å²) in [5.74, 6) is -0.0698. The Labute approximate surface area is 147 Å². The number of benzene rings is 1. The van der Waals surface area contributed by atoms with Crippen molar-refractivity contribution in [1.29, 1.82) is 0 Å². The summed E-state index contributed by atoms with van der Waals surface area (Å²) in [5, 5.41) is 1.93. The molecule has 0 bridgehead atoms. The van der Waals surface area contributed by atoms with E-state index in [2.05, 4.69) is 36.2 Å². The third-order valence-corrected chi connectivity index (χ3v) is 4.55. The quantitative estimate of drug-likeness (QED) is 0.755. The fourth-order valence-corrected chi connectivity index (χ4v) is 3.03. The number of aromatic nitrogens is 1. The van der Waals surface area contributed by atoms with Gasteiger partial charge in [0.05, 0.1) is 23.9 Å². The second-order valence-corrected chi connectivity index (χ2v) is 6.43. The van der Waals surface area contributed by atoms with Crippen LogP contribution in [0.4, 0.5) is 0 Å². The third kappa shape index (κ3) is 5.40. The second kappa shape index (κ2) is 9.52. The van der Waals surface area contributed by atoms with Crippen LogP contribution in [0.3, 0.4) is 0 Å². The van der Waals surface area contributed by atoms with Crippen LogP contribution < -0.4 is 5.73 Å². The standard InChI is InChI=1S/C18H25N3O2S/c1-3-14-4-6-15(7-5-14)11-21(8-9-23-2)18(22)17(19)10-16-12-24-13-20-16/h4-7,12-13,17H,3,8-11,19H2,1-2H3/t17-/m0/s1. The van der Waals surface area contributed by atoms with Crippen molar-refractivity contribution in [2.75, 3.05) is 20.3 Å². The molecule has 0 radical (unpaired) electrons. The Balaban J connectivity index is 2.03. The summed E-state index contributed by atoms with van der Waals surface area (Å²) in [6.45, 7) is 3.68. The number of carbonyl (C=O) groups excluding carboxylic acids is 1. The first kappa shape index (κ1) is 18.6. The second-order valence-electron chi connectivity index (χ2n) is 5.71. The van der Waals surface area contributed by atoms with Crippen molar-refractivity contribution in [3.63, 3.8) is 0 Å². The number of nitrogens with two attached hydrogens (primary N) is 1. The van der Waals surface area contributed by atoms with Crippen LogP contribution in [0.15, 0.2) is 35.2 Å². The molecule has 0 fully saturated rings. The van der Waals surface area contributed by atoms with Gasteiger partial charge in [-0.2, -0.15) is 0 Å². The number of nitrogens with zero attached hydrogens (tertiary/aromatic N) is 2. The Kier molecular flexibility index (Phi) is 7.36. The van der Waals surface area contributed by atoms with Gasteiger partial charge in [-0.3, -0.25) is 4.79 Å². The number of methoxy groups -OCH3 is 1. The van der Waals surface area contributed by atoms with E-state index in [0.717, 1.165) is 17.7 Å². The predicted molar refractivity (Wildman–Crippen MR) is 96.9 cm³/mol. The average Bonchev–Trinajstić information content (AvgIpc) is 3.11. The molecule has 24 heavy (non-hydrogen) atoms. The average molecular weight is 347 g/mol. The van der Waals surface area contributed by atoms with E-state index in [-0.39, 0.29) is 5.91 Å². The fourth-order valence-electron chi connectivity index (χ4n) is 2.45. The molecule has 0 saturated carbocycles. The molecule has 0 saturated heterocycles. The lowest BCUT2D eigenvalue weighted by atomic mass is 10.1. The molecule has 1 amide bonds. The summed E-state index contributed by atoms with van der Waals surface area (Å²) in [6, 6.07) is 7.75. The molecule has 1 aromatic carbocycles. The highest BCUT2D eigenvalue weighted by atomic mass is 32.1. The van der Waals surface area contributed by atoms with Crippen molar-refractivity contribution >= 4 is 17.2 Å². The molecule has 0 aliphatic carbocycles. The highest BCUT2D eigenvalue weighted by Crippen LogP contribution is 2.11. The van der Waals surface area contributed by atoms with Gasteiger partial charge in [0.2, 0.25) is 5.91 Å². The van der Waals surface area contributed by atoms with E-state index >= 15 is 0 Å². The van der Waals surface area contributed by atoms with Gasteiger partial charge in [0.25, 0.3) is 0 Å². The zero-order chi connectivity index (χ0) is 17.4. The van der Waals surface area contributed by atoms with Crippen LogP contribution in [0.5, 0.6) is 0 Å². The lowest BCUT2D eigenvalue weighted by Crippen LogP contribution is -2.45. The van der Waals surface area contributed by atoms with E-state index in [1.54, 1.807) is 17.5 Å². The summed E-state index contributed by atoms with van der Waals surface area (Å²) in [6.07, 6.45) is 1.46. The first-order valence-electron chi connectivity index (χ1n) is 8.12. The SMILES string of the molecule is CCc1ccc(CN(CCOC)C(=O)[C@@H](N)Cc2cscn2)cc1. The van der Waals surface area contributed by atoms with E-state index in [1.165, 1.54) is 16.9 Å². The first-order valence-corrected chi connectivity index (χ1v) is 9.06. The van der Waals surface area contributed by atoms with Crippen molar-refractivity contribution in [3.05, 3.63) is 52.0 Å². The van der Waals surface area contributed by atoms with Crippen LogP contribution in [-0.4, -0.2) is 42.1 Å². The molecule has 130 valence electrons. The highest BCUT2D eigenvalue weighted by Gasteiger charge is 2.22. The van der Waals surface area contributed by atoms with Crippen LogP contribution in [-0.2, 0) is 28.9 Å². The van der Waals surface area contributed by atoms with Gasteiger partial charge in [-0.1, -0.05) is 31.2 Å². The molecule has 1 atom stereocenters. The molecule has 0 unspecified atom stereocenters. The first-order chi connectivity index (χ1) is 11.6. The van der Waals surface area contributed by atoms with Gasteiger partial charge in [0, 0.05) is 32.0 Å². The zero-order valence-electron chi connectivity index (χ0n) is 14.3. The summed E-state index contributed by atoms with van der Waals surface area (Å²) < 4.78 is 5.14. The van der Waals surface area contributed by atoms with Gasteiger partial charge in [-0.25, -0.2) is 4.98 Å². The third-order valence-electron chi connectivity index (χ3n) is 3.91. The van der Waals surface area contributed by atoms with Crippen LogP contribution in [0.1, 0.15) is 23.7 Å². The zero-order valence-corrected chi connectivity index (χ0v) is 15.1. The molecule has 6 heteroatoms. The summed E-state index contributed by atoms with van der Waals surface area (Å²) in [7, 11) is 1.63. The Morgan fingerprint density at radius 2 is 2.04 bits per heavy atom. The molecule has 5 nitrogen and oxygen atoms in total. The molecular weight excluding hydrogens is 322 g/mol. The number of hydrogen-bond donors (Lipinski definition) is 1. The number of rotatable bonds is 9. The minimum atomic E-state index is -0.584. The van der Waals surface area contributed by atoms with Gasteiger partial charge in [-0.15, -0.1) is 11.3 Å². The van der Waals surface area contributed by atoms with Crippen molar-refractivity contribution < 1.29 is 9.53 Å². The Bertz CT molecular complexity index is 614. The smallest absolute Gasteiger partial charge is 0.240 e. The fraction of sp³-hybridized carbons (Fsp3) is 0.444. The normalized spacial score (nSPS) is 12.1. The Morgan fingerprint density at radius 1 is 1.33 bits per heavy atom. The number of amides is 1. The lowest BCUT2D eigenvalue weighted by molar-refractivity contribution is -0.133. The van der Waals surface area contributed by atoms with E-state index < -0.39 is 6.04 Å². The molecule has 1 aromatic heterocycles. The summed E-state index contributed by atoms with van der Waals surface area (Å²) in [5.41, 5.74) is 11.1. The van der Waals surface area contributed by atoms with Crippen LogP contribution in [0.25, 0.3) is 0 Å². The van der Waals surface area contributed by atoms with Crippen molar-refractivity contribution in [2.45, 2.75) is 32.4 Å². The summed E-state index contributed by atoms with van der Waals surface area (Å²) >= 11 is 1.51. The van der Waals surface area contributed by atoms with E-state index in [0.29, 0.717) is 26.1 Å². The van der Waals surface area contributed by atoms with Gasteiger partial charge < -0.3 is 15.4 Å². The molecule has 1 heterocycles. The Morgan fingerprint density at radius 3 is 2.62 bits per heavy atom. The maximum atomic E-state index is 12.7. The topological polar surface area (TPSA) is 68.5 Å². The molecule has 0 aliphatic rings. The van der Waals surface area contributed by atoms with Crippen molar-refractivity contribution in [2.24, 2.45) is 5.73 Å². The lowest BCUT2D eigenvalue weighted by Gasteiger charge is -2.25. The number of aryl methyl sites for hydroxylation is 1. The van der Waals surface area contributed by atoms with Gasteiger partial charge in [0.1, 0.15) is 0 Å². The molecular formula is C18H25N3O2S. The molecule has 0 spiro atoms. The molecule has 0 aliphatic heterocycles. The maximum Gasteiger partial charge on any atom is 0.240 e. The van der Waals surface area contributed by atoms with Gasteiger partial charge in [0.15, 0.2) is 0 Å².